The summed E-state index contributed by atoms with van der Waals surface area (Å²) in [6.07, 6.45) is 6.23. The molecule has 0 heterocycles. The van der Waals surface area contributed by atoms with Crippen LogP contribution in [-0.2, 0) is 12.8 Å². The molecule has 0 aliphatic carbocycles. The number of rotatable bonds is 8. The predicted octanol–water partition coefficient (Wildman–Crippen LogP) is 5.93. The van der Waals surface area contributed by atoms with Crippen LogP contribution >= 0.6 is 11.8 Å². The van der Waals surface area contributed by atoms with E-state index in [-0.39, 0.29) is 0 Å². The number of unbranched alkanes of at least 4 members (excludes halogenated alkanes) is 2. The van der Waals surface area contributed by atoms with Crippen LogP contribution in [0.4, 0.5) is 0 Å². The number of phenols is 2. The lowest BCUT2D eigenvalue weighted by molar-refractivity contribution is 0.466. The van der Waals surface area contributed by atoms with Crippen molar-refractivity contribution in [2.24, 2.45) is 0 Å². The van der Waals surface area contributed by atoms with Gasteiger partial charge in [0.1, 0.15) is 11.5 Å². The van der Waals surface area contributed by atoms with Crippen molar-refractivity contribution in [3.8, 4) is 11.5 Å². The van der Waals surface area contributed by atoms with Crippen molar-refractivity contribution in [1.82, 2.24) is 0 Å². The fourth-order valence-corrected chi connectivity index (χ4v) is 3.47. The third-order valence-corrected chi connectivity index (χ3v) is 4.92. The minimum Gasteiger partial charge on any atom is -0.508 e. The second-order valence-electron chi connectivity index (χ2n) is 5.89. The van der Waals surface area contributed by atoms with Crippen molar-refractivity contribution in [2.75, 3.05) is 0 Å². The molecule has 0 aromatic heterocycles. The molecule has 2 aromatic carbocycles. The quantitative estimate of drug-likeness (QED) is 0.630. The van der Waals surface area contributed by atoms with E-state index in [1.54, 1.807) is 23.9 Å². The molecule has 0 aliphatic heterocycles. The van der Waals surface area contributed by atoms with Crippen LogP contribution in [0.5, 0.6) is 11.5 Å². The van der Waals surface area contributed by atoms with Crippen LogP contribution in [-0.4, -0.2) is 10.2 Å². The van der Waals surface area contributed by atoms with Crippen LogP contribution in [0, 0.1) is 0 Å². The molecule has 0 radical (unpaired) electrons. The summed E-state index contributed by atoms with van der Waals surface area (Å²) in [7, 11) is 0. The van der Waals surface area contributed by atoms with Crippen molar-refractivity contribution in [2.45, 2.75) is 62.2 Å². The standard InChI is InChI=1S/C20H26O2S/c1-3-5-7-15-13-17(9-11-19(15)21)23-18-10-12-20(22)16(14-18)8-6-4-2/h9-14,21-22H,3-8H2,1-2H3. The molecule has 0 saturated heterocycles. The van der Waals surface area contributed by atoms with Gasteiger partial charge in [-0.15, -0.1) is 0 Å². The lowest BCUT2D eigenvalue weighted by atomic mass is 10.1. The summed E-state index contributed by atoms with van der Waals surface area (Å²) >= 11 is 1.68. The van der Waals surface area contributed by atoms with Crippen molar-refractivity contribution in [3.05, 3.63) is 47.5 Å². The first-order valence-electron chi connectivity index (χ1n) is 8.45. The predicted molar refractivity (Wildman–Crippen MR) is 97.6 cm³/mol. The molecule has 0 saturated carbocycles. The van der Waals surface area contributed by atoms with E-state index in [1.165, 1.54) is 0 Å². The maximum atomic E-state index is 9.96. The zero-order chi connectivity index (χ0) is 16.7. The third kappa shape index (κ3) is 5.21. The third-order valence-electron chi connectivity index (χ3n) is 3.94. The Kier molecular flexibility index (Phi) is 6.85. The van der Waals surface area contributed by atoms with Crippen molar-refractivity contribution >= 4 is 11.8 Å². The first kappa shape index (κ1) is 17.7. The molecule has 2 rings (SSSR count). The molecular weight excluding hydrogens is 304 g/mol. The SMILES string of the molecule is CCCCc1cc(Sc2ccc(O)c(CCCC)c2)ccc1O. The smallest absolute Gasteiger partial charge is 0.118 e. The van der Waals surface area contributed by atoms with E-state index in [2.05, 4.69) is 26.0 Å². The summed E-state index contributed by atoms with van der Waals surface area (Å²) in [5.41, 5.74) is 2.03. The summed E-state index contributed by atoms with van der Waals surface area (Å²) in [6.45, 7) is 4.31. The van der Waals surface area contributed by atoms with E-state index in [0.717, 1.165) is 59.4 Å². The topological polar surface area (TPSA) is 40.5 Å². The first-order chi connectivity index (χ1) is 11.1. The highest BCUT2D eigenvalue weighted by Crippen LogP contribution is 2.34. The van der Waals surface area contributed by atoms with Gasteiger partial charge in [0, 0.05) is 9.79 Å². The Morgan fingerprint density at radius 3 is 1.57 bits per heavy atom. The molecule has 2 N–H and O–H groups in total. The van der Waals surface area contributed by atoms with Crippen LogP contribution in [0.15, 0.2) is 46.2 Å². The molecule has 124 valence electrons. The Morgan fingerprint density at radius 1 is 0.739 bits per heavy atom. The Labute approximate surface area is 143 Å². The van der Waals surface area contributed by atoms with E-state index in [0.29, 0.717) is 11.5 Å². The van der Waals surface area contributed by atoms with Gasteiger partial charge in [0.2, 0.25) is 0 Å². The molecule has 2 nitrogen and oxygen atoms in total. The normalized spacial score (nSPS) is 10.9. The molecule has 3 heteroatoms. The number of benzene rings is 2. The molecule has 0 bridgehead atoms. The van der Waals surface area contributed by atoms with Gasteiger partial charge in [-0.3, -0.25) is 0 Å². The molecule has 0 fully saturated rings. The first-order valence-corrected chi connectivity index (χ1v) is 9.27. The van der Waals surface area contributed by atoms with E-state index in [1.807, 2.05) is 12.1 Å². The van der Waals surface area contributed by atoms with Gasteiger partial charge in [-0.25, -0.2) is 0 Å². The molecule has 0 amide bonds. The van der Waals surface area contributed by atoms with E-state index in [9.17, 15) is 10.2 Å². The lowest BCUT2D eigenvalue weighted by Gasteiger charge is -2.09. The van der Waals surface area contributed by atoms with E-state index >= 15 is 0 Å². The summed E-state index contributed by atoms with van der Waals surface area (Å²) in [6, 6.07) is 11.6. The van der Waals surface area contributed by atoms with Crippen molar-refractivity contribution in [1.29, 1.82) is 0 Å². The van der Waals surface area contributed by atoms with Gasteiger partial charge in [-0.1, -0.05) is 38.5 Å². The highest BCUT2D eigenvalue weighted by atomic mass is 32.2. The summed E-state index contributed by atoms with van der Waals surface area (Å²) in [4.78, 5) is 2.25. The van der Waals surface area contributed by atoms with Crippen LogP contribution in [0.3, 0.4) is 0 Å². The van der Waals surface area contributed by atoms with Crippen LogP contribution in [0.2, 0.25) is 0 Å². The number of aromatic hydroxyl groups is 2. The van der Waals surface area contributed by atoms with Crippen LogP contribution < -0.4 is 0 Å². The number of aryl methyl sites for hydroxylation is 2. The molecule has 23 heavy (non-hydrogen) atoms. The molecule has 2 aromatic rings. The molecule has 0 spiro atoms. The van der Waals surface area contributed by atoms with Gasteiger partial charge in [-0.2, -0.15) is 0 Å². The number of phenolic OH excluding ortho intramolecular Hbond substituents is 2. The molecule has 0 unspecified atom stereocenters. The van der Waals surface area contributed by atoms with Gasteiger partial charge < -0.3 is 10.2 Å². The summed E-state index contributed by atoms with van der Waals surface area (Å²) < 4.78 is 0. The average Bonchev–Trinajstić information content (AvgIpc) is 2.55. The number of hydrogen-bond acceptors (Lipinski definition) is 3. The summed E-state index contributed by atoms with van der Waals surface area (Å²) in [5.74, 6) is 0.772. The van der Waals surface area contributed by atoms with Crippen LogP contribution in [0.25, 0.3) is 0 Å². The van der Waals surface area contributed by atoms with Gasteiger partial charge in [0.15, 0.2) is 0 Å². The molecular formula is C20H26O2S. The van der Waals surface area contributed by atoms with Gasteiger partial charge in [0.25, 0.3) is 0 Å². The van der Waals surface area contributed by atoms with Crippen molar-refractivity contribution in [3.63, 3.8) is 0 Å². The second-order valence-corrected chi connectivity index (χ2v) is 7.04. The lowest BCUT2D eigenvalue weighted by Crippen LogP contribution is -1.88. The molecule has 0 atom stereocenters. The molecule has 0 aliphatic rings. The largest absolute Gasteiger partial charge is 0.508 e. The Morgan fingerprint density at radius 2 is 1.17 bits per heavy atom. The Bertz CT molecular complexity index is 582. The second kappa shape index (κ2) is 8.88. The maximum Gasteiger partial charge on any atom is 0.118 e. The number of hydrogen-bond donors (Lipinski definition) is 2. The van der Waals surface area contributed by atoms with E-state index < -0.39 is 0 Å². The Hall–Kier alpha value is -1.61. The highest BCUT2D eigenvalue weighted by Gasteiger charge is 2.07. The van der Waals surface area contributed by atoms with Gasteiger partial charge in [-0.05, 0) is 73.2 Å². The minimum absolute atomic E-state index is 0.386. The van der Waals surface area contributed by atoms with Gasteiger partial charge in [0.05, 0.1) is 0 Å². The van der Waals surface area contributed by atoms with Gasteiger partial charge >= 0.3 is 0 Å². The Balaban J connectivity index is 2.15. The average molecular weight is 330 g/mol. The monoisotopic (exact) mass is 330 g/mol. The van der Waals surface area contributed by atoms with Crippen LogP contribution in [0.1, 0.15) is 50.7 Å². The zero-order valence-electron chi connectivity index (χ0n) is 14.0. The minimum atomic E-state index is 0.386. The van der Waals surface area contributed by atoms with Crippen molar-refractivity contribution < 1.29 is 10.2 Å². The maximum absolute atomic E-state index is 9.96. The van der Waals surface area contributed by atoms with E-state index in [4.69, 9.17) is 0 Å². The zero-order valence-corrected chi connectivity index (χ0v) is 14.8. The summed E-state index contributed by atoms with van der Waals surface area (Å²) in [5, 5.41) is 19.9. The fraction of sp³-hybridized carbons (Fsp3) is 0.400. The highest BCUT2D eigenvalue weighted by molar-refractivity contribution is 7.99. The fourth-order valence-electron chi connectivity index (χ4n) is 2.52.